The number of hydrogen-bond donors (Lipinski definition) is 0. The molecule has 0 radical (unpaired) electrons. The number of Topliss-reactive ketones (excluding diaryl/α,β-unsaturated/α-hetero) is 1. The van der Waals surface area contributed by atoms with Crippen LogP contribution in [0.5, 0.6) is 0 Å². The van der Waals surface area contributed by atoms with Crippen molar-refractivity contribution >= 4 is 5.78 Å². The molecule has 0 spiro atoms. The summed E-state index contributed by atoms with van der Waals surface area (Å²) in [5.41, 5.74) is 2.96. The highest BCUT2D eigenvalue weighted by Gasteiger charge is 2.33. The van der Waals surface area contributed by atoms with Gasteiger partial charge < -0.3 is 0 Å². The highest BCUT2D eigenvalue weighted by molar-refractivity contribution is 5.85. The van der Waals surface area contributed by atoms with E-state index in [0.29, 0.717) is 11.7 Å². The predicted molar refractivity (Wildman–Crippen MR) is 85.7 cm³/mol. The average Bonchev–Trinajstić information content (AvgIpc) is 2.64. The Morgan fingerprint density at radius 3 is 2.60 bits per heavy atom. The maximum absolute atomic E-state index is 12.5. The van der Waals surface area contributed by atoms with Gasteiger partial charge in [0.05, 0.1) is 0 Å². The molecule has 0 saturated heterocycles. The quantitative estimate of drug-likeness (QED) is 0.615. The highest BCUT2D eigenvalue weighted by Crippen LogP contribution is 2.39. The lowest BCUT2D eigenvalue weighted by molar-refractivity contribution is -0.122. The molecule has 0 aromatic carbocycles. The molecule has 0 aliphatic heterocycles. The van der Waals surface area contributed by atoms with Crippen molar-refractivity contribution in [2.24, 2.45) is 11.8 Å². The van der Waals surface area contributed by atoms with Gasteiger partial charge in [-0.1, -0.05) is 56.4 Å². The second-order valence-corrected chi connectivity index (χ2v) is 6.52. The van der Waals surface area contributed by atoms with Crippen LogP contribution < -0.4 is 0 Å². The van der Waals surface area contributed by atoms with Gasteiger partial charge in [-0.25, -0.2) is 0 Å². The van der Waals surface area contributed by atoms with Crippen molar-refractivity contribution in [3.8, 4) is 0 Å². The Morgan fingerprint density at radius 2 is 1.85 bits per heavy atom. The first-order valence-electron chi connectivity index (χ1n) is 8.70. The minimum atomic E-state index is 0.231. The van der Waals surface area contributed by atoms with Gasteiger partial charge in [0.1, 0.15) is 5.78 Å². The molecule has 20 heavy (non-hydrogen) atoms. The fourth-order valence-electron chi connectivity index (χ4n) is 3.70. The molecule has 2 atom stereocenters. The van der Waals surface area contributed by atoms with Gasteiger partial charge in [0.15, 0.2) is 0 Å². The number of ketones is 1. The number of rotatable bonds is 6. The molecule has 2 unspecified atom stereocenters. The molecule has 2 aliphatic carbocycles. The predicted octanol–water partition coefficient (Wildman–Crippen LogP) is 5.61. The van der Waals surface area contributed by atoms with E-state index in [0.717, 1.165) is 19.3 Å². The van der Waals surface area contributed by atoms with Crippen molar-refractivity contribution in [1.29, 1.82) is 0 Å². The normalized spacial score (nSPS) is 26.6. The fourth-order valence-corrected chi connectivity index (χ4v) is 3.70. The summed E-state index contributed by atoms with van der Waals surface area (Å²) in [6, 6.07) is 0. The Kier molecular flexibility index (Phi) is 6.06. The zero-order valence-electron chi connectivity index (χ0n) is 13.3. The Morgan fingerprint density at radius 1 is 1.10 bits per heavy atom. The van der Waals surface area contributed by atoms with Crippen molar-refractivity contribution in [3.05, 3.63) is 23.3 Å². The Labute approximate surface area is 124 Å². The Bertz CT molecular complexity index is 389. The van der Waals surface area contributed by atoms with Crippen molar-refractivity contribution in [3.63, 3.8) is 0 Å². The maximum atomic E-state index is 12.5. The van der Waals surface area contributed by atoms with Gasteiger partial charge in [0.25, 0.3) is 0 Å². The number of carbonyl (C=O) groups is 1. The minimum absolute atomic E-state index is 0.231. The molecule has 0 bridgehead atoms. The first kappa shape index (κ1) is 15.5. The van der Waals surface area contributed by atoms with Crippen LogP contribution in [0, 0.1) is 11.8 Å². The molecule has 0 aromatic heterocycles. The molecule has 1 saturated carbocycles. The van der Waals surface area contributed by atoms with E-state index < -0.39 is 0 Å². The SMILES string of the molecule is CCCCC1=CC2CCCCC(=O)C2C(CCCC)=C1. The van der Waals surface area contributed by atoms with E-state index in [1.54, 1.807) is 0 Å². The summed E-state index contributed by atoms with van der Waals surface area (Å²) in [6.07, 6.45) is 16.5. The lowest BCUT2D eigenvalue weighted by atomic mass is 9.74. The van der Waals surface area contributed by atoms with Crippen molar-refractivity contribution < 1.29 is 4.79 Å². The first-order chi connectivity index (χ1) is 9.76. The van der Waals surface area contributed by atoms with Gasteiger partial charge in [0.2, 0.25) is 0 Å². The van der Waals surface area contributed by atoms with Gasteiger partial charge in [-0.15, -0.1) is 0 Å². The third-order valence-corrected chi connectivity index (χ3v) is 4.82. The van der Waals surface area contributed by atoms with Gasteiger partial charge in [-0.2, -0.15) is 0 Å². The molecule has 1 nitrogen and oxygen atoms in total. The molecule has 112 valence electrons. The van der Waals surface area contributed by atoms with Crippen molar-refractivity contribution in [2.75, 3.05) is 0 Å². The zero-order chi connectivity index (χ0) is 14.4. The smallest absolute Gasteiger partial charge is 0.140 e. The molecule has 0 N–H and O–H groups in total. The van der Waals surface area contributed by atoms with E-state index in [4.69, 9.17) is 0 Å². The van der Waals surface area contributed by atoms with Crippen LogP contribution in [0.25, 0.3) is 0 Å². The summed E-state index contributed by atoms with van der Waals surface area (Å²) >= 11 is 0. The van der Waals surface area contributed by atoms with Gasteiger partial charge >= 0.3 is 0 Å². The molecule has 1 heteroatoms. The monoisotopic (exact) mass is 274 g/mol. The summed E-state index contributed by atoms with van der Waals surface area (Å²) in [5, 5.41) is 0. The lowest BCUT2D eigenvalue weighted by Crippen LogP contribution is -2.25. The maximum Gasteiger partial charge on any atom is 0.140 e. The molecule has 2 aliphatic rings. The molecular weight excluding hydrogens is 244 g/mol. The van der Waals surface area contributed by atoms with Crippen LogP contribution in [0.2, 0.25) is 0 Å². The van der Waals surface area contributed by atoms with E-state index >= 15 is 0 Å². The standard InChI is InChI=1S/C19H30O/c1-3-5-9-15-13-16(10-6-4-2)19-17(14-15)11-7-8-12-18(19)20/h13-14,17,19H,3-12H2,1-2H3. The van der Waals surface area contributed by atoms with E-state index in [1.165, 1.54) is 56.1 Å². The van der Waals surface area contributed by atoms with Crippen LogP contribution in [0.3, 0.4) is 0 Å². The number of allylic oxidation sites excluding steroid dienone is 4. The van der Waals surface area contributed by atoms with E-state index in [1.807, 2.05) is 0 Å². The number of fused-ring (bicyclic) bond motifs is 1. The number of hydrogen-bond acceptors (Lipinski definition) is 1. The van der Waals surface area contributed by atoms with Crippen LogP contribution in [0.15, 0.2) is 23.3 Å². The summed E-state index contributed by atoms with van der Waals surface area (Å²) in [7, 11) is 0. The van der Waals surface area contributed by atoms with Crippen LogP contribution in [-0.4, -0.2) is 5.78 Å². The number of unbranched alkanes of at least 4 members (excludes halogenated alkanes) is 2. The van der Waals surface area contributed by atoms with Gasteiger partial charge in [-0.05, 0) is 44.4 Å². The van der Waals surface area contributed by atoms with Crippen molar-refractivity contribution in [1.82, 2.24) is 0 Å². The molecule has 0 heterocycles. The van der Waals surface area contributed by atoms with E-state index in [2.05, 4.69) is 26.0 Å². The summed E-state index contributed by atoms with van der Waals surface area (Å²) in [4.78, 5) is 12.5. The summed E-state index contributed by atoms with van der Waals surface area (Å²) in [6.45, 7) is 4.49. The molecule has 1 fully saturated rings. The molecule has 0 aromatic rings. The minimum Gasteiger partial charge on any atom is -0.299 e. The van der Waals surface area contributed by atoms with Gasteiger partial charge in [0, 0.05) is 12.3 Å². The Balaban J connectivity index is 2.19. The fraction of sp³-hybridized carbons (Fsp3) is 0.737. The summed E-state index contributed by atoms with van der Waals surface area (Å²) < 4.78 is 0. The summed E-state index contributed by atoms with van der Waals surface area (Å²) in [5.74, 6) is 1.25. The first-order valence-corrected chi connectivity index (χ1v) is 8.70. The highest BCUT2D eigenvalue weighted by atomic mass is 16.1. The van der Waals surface area contributed by atoms with E-state index in [-0.39, 0.29) is 5.92 Å². The van der Waals surface area contributed by atoms with E-state index in [9.17, 15) is 4.79 Å². The van der Waals surface area contributed by atoms with Crippen LogP contribution in [-0.2, 0) is 4.79 Å². The van der Waals surface area contributed by atoms with Crippen molar-refractivity contribution in [2.45, 2.75) is 78.1 Å². The second kappa shape index (κ2) is 7.81. The number of carbonyl (C=O) groups excluding carboxylic acids is 1. The zero-order valence-corrected chi connectivity index (χ0v) is 13.3. The third-order valence-electron chi connectivity index (χ3n) is 4.82. The van der Waals surface area contributed by atoms with Crippen LogP contribution in [0.4, 0.5) is 0 Å². The van der Waals surface area contributed by atoms with Crippen LogP contribution in [0.1, 0.15) is 78.1 Å². The third kappa shape index (κ3) is 3.84. The molecule has 2 rings (SSSR count). The Hall–Kier alpha value is -0.850. The van der Waals surface area contributed by atoms with Gasteiger partial charge in [-0.3, -0.25) is 4.79 Å². The largest absolute Gasteiger partial charge is 0.299 e. The topological polar surface area (TPSA) is 17.1 Å². The molecular formula is C19H30O. The second-order valence-electron chi connectivity index (χ2n) is 6.52. The average molecular weight is 274 g/mol. The molecule has 0 amide bonds. The lowest BCUT2D eigenvalue weighted by Gasteiger charge is -2.29. The van der Waals surface area contributed by atoms with Crippen LogP contribution >= 0.6 is 0 Å².